The molecule has 0 spiro atoms. The lowest BCUT2D eigenvalue weighted by Crippen LogP contribution is -2.17. The highest BCUT2D eigenvalue weighted by molar-refractivity contribution is 9.10. The predicted molar refractivity (Wildman–Crippen MR) is 100 cm³/mol. The first kappa shape index (κ1) is 17.0. The molecule has 1 aliphatic rings. The van der Waals surface area contributed by atoms with Gasteiger partial charge in [-0.3, -0.25) is 4.79 Å². The molecule has 2 heterocycles. The monoisotopic (exact) mass is 432 g/mol. The lowest BCUT2D eigenvalue weighted by atomic mass is 10.1. The van der Waals surface area contributed by atoms with Crippen LogP contribution in [-0.2, 0) is 6.54 Å². The molecule has 2 aromatic carbocycles. The van der Waals surface area contributed by atoms with Crippen molar-refractivity contribution in [3.63, 3.8) is 0 Å². The van der Waals surface area contributed by atoms with Crippen LogP contribution in [-0.4, -0.2) is 28.8 Å². The van der Waals surface area contributed by atoms with E-state index in [4.69, 9.17) is 26.1 Å². The first-order valence-electron chi connectivity index (χ1n) is 7.87. The summed E-state index contributed by atoms with van der Waals surface area (Å²) in [5.74, 6) is 1.44. The Labute approximate surface area is 162 Å². The molecule has 1 aliphatic heterocycles. The molecule has 0 radical (unpaired) electrons. The van der Waals surface area contributed by atoms with Crippen LogP contribution in [0.4, 0.5) is 0 Å². The molecule has 0 saturated heterocycles. The van der Waals surface area contributed by atoms with Crippen LogP contribution in [0.2, 0.25) is 0 Å². The van der Waals surface area contributed by atoms with E-state index in [0.717, 1.165) is 10.0 Å². The van der Waals surface area contributed by atoms with Crippen molar-refractivity contribution >= 4 is 33.9 Å². The highest BCUT2D eigenvalue weighted by Gasteiger charge is 2.17. The van der Waals surface area contributed by atoms with E-state index >= 15 is 0 Å². The van der Waals surface area contributed by atoms with Gasteiger partial charge in [0.05, 0.1) is 0 Å². The maximum atomic E-state index is 12.6. The number of benzene rings is 2. The first-order chi connectivity index (χ1) is 12.6. The smallest absolute Gasteiger partial charge is 0.287 e. The van der Waals surface area contributed by atoms with Crippen molar-refractivity contribution in [2.24, 2.45) is 0 Å². The summed E-state index contributed by atoms with van der Waals surface area (Å²) < 4.78 is 18.8. The predicted octanol–water partition coefficient (Wildman–Crippen LogP) is 4.29. The molecule has 26 heavy (non-hydrogen) atoms. The second-order valence-corrected chi connectivity index (χ2v) is 6.88. The van der Waals surface area contributed by atoms with Crippen molar-refractivity contribution in [3.05, 3.63) is 57.3 Å². The van der Waals surface area contributed by atoms with Crippen molar-refractivity contribution in [3.8, 4) is 23.0 Å². The minimum atomic E-state index is -0.145. The van der Waals surface area contributed by atoms with Gasteiger partial charge in [-0.2, -0.15) is 0 Å². The number of halogens is 1. The van der Waals surface area contributed by atoms with Crippen LogP contribution in [0.15, 0.2) is 51.4 Å². The third-order valence-electron chi connectivity index (χ3n) is 3.85. The fraction of sp³-hybridized carbons (Fsp3) is 0.167. The zero-order valence-corrected chi connectivity index (χ0v) is 15.9. The second-order valence-electron chi connectivity index (χ2n) is 5.62. The number of aromatic nitrogens is 2. The molecule has 4 rings (SSSR count). The van der Waals surface area contributed by atoms with Crippen LogP contribution in [0, 0.1) is 4.84 Å². The van der Waals surface area contributed by atoms with Crippen LogP contribution >= 0.6 is 28.1 Å². The van der Waals surface area contributed by atoms with E-state index in [9.17, 15) is 4.79 Å². The van der Waals surface area contributed by atoms with Gasteiger partial charge in [0.1, 0.15) is 19.8 Å². The number of rotatable bonds is 4. The van der Waals surface area contributed by atoms with Crippen LogP contribution in [0.3, 0.4) is 0 Å². The molecule has 132 valence electrons. The quantitative estimate of drug-likeness (QED) is 0.452. The SMILES string of the molecule is O=C(Cn1nc(-c2ccc(Br)cc2)oc1=S)c1ccc2c(c1)OCCO2. The summed E-state index contributed by atoms with van der Waals surface area (Å²) >= 11 is 8.57. The van der Waals surface area contributed by atoms with E-state index in [1.54, 1.807) is 18.2 Å². The van der Waals surface area contributed by atoms with Gasteiger partial charge in [0.15, 0.2) is 17.3 Å². The van der Waals surface area contributed by atoms with Crippen molar-refractivity contribution in [2.45, 2.75) is 6.54 Å². The molecule has 0 aliphatic carbocycles. The van der Waals surface area contributed by atoms with Gasteiger partial charge in [0.2, 0.25) is 5.89 Å². The van der Waals surface area contributed by atoms with E-state index in [1.807, 2.05) is 24.3 Å². The van der Waals surface area contributed by atoms with Crippen molar-refractivity contribution < 1.29 is 18.7 Å². The molecule has 0 bridgehead atoms. The van der Waals surface area contributed by atoms with Gasteiger partial charge in [-0.1, -0.05) is 15.9 Å². The number of carbonyl (C=O) groups is 1. The Kier molecular flexibility index (Phi) is 4.60. The molecular formula is C18H13BrN2O4S. The van der Waals surface area contributed by atoms with Crippen LogP contribution in [0.1, 0.15) is 10.4 Å². The Morgan fingerprint density at radius 2 is 1.85 bits per heavy atom. The summed E-state index contributed by atoms with van der Waals surface area (Å²) in [7, 11) is 0. The van der Waals surface area contributed by atoms with Crippen molar-refractivity contribution in [1.29, 1.82) is 0 Å². The Morgan fingerprint density at radius 1 is 1.12 bits per heavy atom. The number of ether oxygens (including phenoxy) is 2. The zero-order valence-electron chi connectivity index (χ0n) is 13.5. The van der Waals surface area contributed by atoms with Gasteiger partial charge in [-0.15, -0.1) is 5.10 Å². The molecule has 0 N–H and O–H groups in total. The molecule has 6 nitrogen and oxygen atoms in total. The third-order valence-corrected chi connectivity index (χ3v) is 4.68. The molecule has 0 unspecified atom stereocenters. The summed E-state index contributed by atoms with van der Waals surface area (Å²) in [6, 6.07) is 12.6. The molecule has 0 amide bonds. The maximum Gasteiger partial charge on any atom is 0.287 e. The number of Topliss-reactive ketones (excluding diaryl/α,β-unsaturated/α-hetero) is 1. The van der Waals surface area contributed by atoms with E-state index in [0.29, 0.717) is 36.2 Å². The van der Waals surface area contributed by atoms with Crippen molar-refractivity contribution in [2.75, 3.05) is 13.2 Å². The van der Waals surface area contributed by atoms with E-state index < -0.39 is 0 Å². The molecule has 0 fully saturated rings. The van der Waals surface area contributed by atoms with E-state index in [-0.39, 0.29) is 17.2 Å². The number of fused-ring (bicyclic) bond motifs is 1. The molecule has 8 heteroatoms. The number of nitrogens with zero attached hydrogens (tertiary/aromatic N) is 2. The summed E-state index contributed by atoms with van der Waals surface area (Å²) in [6.07, 6.45) is 0. The second kappa shape index (κ2) is 7.05. The Hall–Kier alpha value is -2.45. The fourth-order valence-electron chi connectivity index (χ4n) is 2.56. The van der Waals surface area contributed by atoms with Crippen molar-refractivity contribution in [1.82, 2.24) is 9.78 Å². The third kappa shape index (κ3) is 3.42. The molecule has 3 aromatic rings. The summed E-state index contributed by atoms with van der Waals surface area (Å²) in [5.41, 5.74) is 1.29. The maximum absolute atomic E-state index is 12.6. The van der Waals surface area contributed by atoms with E-state index in [2.05, 4.69) is 21.0 Å². The normalized spacial score (nSPS) is 12.8. The van der Waals surface area contributed by atoms with Gasteiger partial charge in [-0.25, -0.2) is 4.68 Å². The number of hydrogen-bond donors (Lipinski definition) is 0. The van der Waals surface area contributed by atoms with Gasteiger partial charge in [0.25, 0.3) is 4.84 Å². The Morgan fingerprint density at radius 3 is 2.62 bits per heavy atom. The highest BCUT2D eigenvalue weighted by Crippen LogP contribution is 2.31. The molecule has 0 atom stereocenters. The van der Waals surface area contributed by atoms with Gasteiger partial charge in [-0.05, 0) is 54.7 Å². The Balaban J connectivity index is 1.56. The highest BCUT2D eigenvalue weighted by atomic mass is 79.9. The zero-order chi connectivity index (χ0) is 18.1. The van der Waals surface area contributed by atoms with Gasteiger partial charge >= 0.3 is 0 Å². The topological polar surface area (TPSA) is 66.5 Å². The van der Waals surface area contributed by atoms with Crippen LogP contribution in [0.5, 0.6) is 11.5 Å². The standard InChI is InChI=1S/C18H13BrN2O4S/c19-13-4-1-11(2-5-13)17-20-21(18(26)25-17)10-14(22)12-3-6-15-16(9-12)24-8-7-23-15/h1-6,9H,7-8,10H2. The fourth-order valence-corrected chi connectivity index (χ4v) is 3.01. The summed E-state index contributed by atoms with van der Waals surface area (Å²) in [6.45, 7) is 0.960. The summed E-state index contributed by atoms with van der Waals surface area (Å²) in [5, 5.41) is 4.32. The summed E-state index contributed by atoms with van der Waals surface area (Å²) in [4.78, 5) is 12.7. The van der Waals surface area contributed by atoms with E-state index in [1.165, 1.54) is 4.68 Å². The minimum Gasteiger partial charge on any atom is -0.486 e. The first-order valence-corrected chi connectivity index (χ1v) is 9.07. The minimum absolute atomic E-state index is 0.0154. The number of carbonyl (C=O) groups excluding carboxylic acids is 1. The number of ketones is 1. The molecular weight excluding hydrogens is 420 g/mol. The van der Waals surface area contributed by atoms with Crippen LogP contribution in [0.25, 0.3) is 11.5 Å². The van der Waals surface area contributed by atoms with Gasteiger partial charge < -0.3 is 13.9 Å². The lowest BCUT2D eigenvalue weighted by molar-refractivity contribution is 0.0964. The average molecular weight is 433 g/mol. The Bertz CT molecular complexity index is 1030. The average Bonchev–Trinajstić information content (AvgIpc) is 3.02. The largest absolute Gasteiger partial charge is 0.486 e. The molecule has 0 saturated carbocycles. The van der Waals surface area contributed by atoms with Crippen LogP contribution < -0.4 is 9.47 Å². The van der Waals surface area contributed by atoms with Gasteiger partial charge in [0, 0.05) is 15.6 Å². The lowest BCUT2D eigenvalue weighted by Gasteiger charge is -2.18. The molecule has 1 aromatic heterocycles. The number of hydrogen-bond acceptors (Lipinski definition) is 6.